The van der Waals surface area contributed by atoms with Gasteiger partial charge in [-0.25, -0.2) is 4.79 Å². The number of carbonyl (C=O) groups is 1. The number of carbonyl (C=O) groups excluding carboxylic acids is 1. The molecule has 142 valence electrons. The van der Waals surface area contributed by atoms with Crippen LogP contribution in [0.5, 0.6) is 5.75 Å². The molecule has 26 heavy (non-hydrogen) atoms. The van der Waals surface area contributed by atoms with Crippen LogP contribution in [-0.2, 0) is 16.1 Å². The number of hydrogen-bond acceptors (Lipinski definition) is 4. The molecule has 0 bridgehead atoms. The maximum absolute atomic E-state index is 11.4. The third kappa shape index (κ3) is 8.67. The quantitative estimate of drug-likeness (QED) is 0.370. The second kappa shape index (κ2) is 12.1. The van der Waals surface area contributed by atoms with Crippen LogP contribution in [0.3, 0.4) is 0 Å². The average Bonchev–Trinajstić information content (AvgIpc) is 2.60. The van der Waals surface area contributed by atoms with Crippen LogP contribution in [0.1, 0.15) is 51.7 Å². The van der Waals surface area contributed by atoms with E-state index < -0.39 is 0 Å². The lowest BCUT2D eigenvalue weighted by molar-refractivity contribution is -0.137. The van der Waals surface area contributed by atoms with E-state index in [9.17, 15) is 9.90 Å². The molecule has 0 fully saturated rings. The molecule has 1 aromatic rings. The Morgan fingerprint density at radius 2 is 1.96 bits per heavy atom. The van der Waals surface area contributed by atoms with Crippen LogP contribution in [-0.4, -0.2) is 24.3 Å². The molecular formula is C22H30O4. The van der Waals surface area contributed by atoms with Gasteiger partial charge in [0.1, 0.15) is 12.4 Å². The van der Waals surface area contributed by atoms with Gasteiger partial charge in [-0.05, 0) is 70.4 Å². The molecule has 0 aliphatic rings. The van der Waals surface area contributed by atoms with E-state index in [2.05, 4.69) is 32.9 Å². The van der Waals surface area contributed by atoms with E-state index in [0.717, 1.165) is 18.4 Å². The lowest BCUT2D eigenvalue weighted by Gasteiger charge is -2.10. The summed E-state index contributed by atoms with van der Waals surface area (Å²) in [5, 5.41) is 9.56. The fourth-order valence-corrected chi connectivity index (χ4v) is 2.29. The fraction of sp³-hybridized carbons (Fsp3) is 0.409. The van der Waals surface area contributed by atoms with Crippen molar-refractivity contribution in [3.63, 3.8) is 0 Å². The summed E-state index contributed by atoms with van der Waals surface area (Å²) in [6.07, 6.45) is 9.37. The molecule has 0 amide bonds. The molecule has 0 spiro atoms. The van der Waals surface area contributed by atoms with E-state index in [1.165, 1.54) is 17.2 Å². The molecule has 0 radical (unpaired) electrons. The van der Waals surface area contributed by atoms with Crippen molar-refractivity contribution < 1.29 is 19.4 Å². The zero-order valence-electron chi connectivity index (χ0n) is 16.2. The number of aliphatic hydroxyl groups excluding tert-OH is 1. The van der Waals surface area contributed by atoms with Gasteiger partial charge in [-0.2, -0.15) is 0 Å². The van der Waals surface area contributed by atoms with Crippen LogP contribution in [0.4, 0.5) is 0 Å². The van der Waals surface area contributed by atoms with Gasteiger partial charge >= 0.3 is 5.97 Å². The van der Waals surface area contributed by atoms with Crippen molar-refractivity contribution in [2.75, 3.05) is 13.2 Å². The van der Waals surface area contributed by atoms with Crippen molar-refractivity contribution >= 4 is 12.0 Å². The molecule has 4 nitrogen and oxygen atoms in total. The summed E-state index contributed by atoms with van der Waals surface area (Å²) in [4.78, 5) is 11.4. The Balaban J connectivity index is 2.64. The highest BCUT2D eigenvalue weighted by molar-refractivity contribution is 5.87. The Labute approximate surface area is 156 Å². The fourth-order valence-electron chi connectivity index (χ4n) is 2.29. The molecular weight excluding hydrogens is 328 g/mol. The third-order valence-electron chi connectivity index (χ3n) is 3.72. The minimum absolute atomic E-state index is 0.125. The Morgan fingerprint density at radius 3 is 2.62 bits per heavy atom. The molecule has 0 atom stereocenters. The number of allylic oxidation sites excluding steroid dienone is 3. The molecule has 0 unspecified atom stereocenters. The summed E-state index contributed by atoms with van der Waals surface area (Å²) in [5.74, 6) is 0.265. The summed E-state index contributed by atoms with van der Waals surface area (Å²) in [5.41, 5.74) is 4.11. The van der Waals surface area contributed by atoms with Crippen molar-refractivity contribution in [3.05, 3.63) is 58.7 Å². The number of esters is 1. The van der Waals surface area contributed by atoms with Gasteiger partial charge in [-0.3, -0.25) is 0 Å². The van der Waals surface area contributed by atoms with Gasteiger partial charge in [0.25, 0.3) is 0 Å². The van der Waals surface area contributed by atoms with Crippen LogP contribution in [0.15, 0.2) is 47.6 Å². The average molecular weight is 358 g/mol. The highest BCUT2D eigenvalue weighted by atomic mass is 16.5. The summed E-state index contributed by atoms with van der Waals surface area (Å²) in [7, 11) is 0. The van der Waals surface area contributed by atoms with Crippen LogP contribution < -0.4 is 4.74 Å². The number of aliphatic hydroxyl groups is 1. The first-order chi connectivity index (χ1) is 12.5. The maximum atomic E-state index is 11.4. The molecule has 0 aliphatic carbocycles. The molecule has 1 rings (SSSR count). The molecule has 0 saturated heterocycles. The van der Waals surface area contributed by atoms with Crippen molar-refractivity contribution in [1.29, 1.82) is 0 Å². The molecule has 1 aromatic carbocycles. The topological polar surface area (TPSA) is 55.8 Å². The van der Waals surface area contributed by atoms with E-state index in [0.29, 0.717) is 24.5 Å². The summed E-state index contributed by atoms with van der Waals surface area (Å²) in [6.45, 7) is 8.75. The first-order valence-electron chi connectivity index (χ1n) is 8.96. The molecule has 0 saturated carbocycles. The molecule has 1 N–H and O–H groups in total. The van der Waals surface area contributed by atoms with Crippen molar-refractivity contribution in [1.82, 2.24) is 0 Å². The largest absolute Gasteiger partial charge is 0.489 e. The van der Waals surface area contributed by atoms with E-state index in [1.54, 1.807) is 19.1 Å². The molecule has 0 aromatic heterocycles. The molecule has 0 aliphatic heterocycles. The summed E-state index contributed by atoms with van der Waals surface area (Å²) in [6, 6.07) is 5.45. The normalized spacial score (nSPS) is 11.5. The minimum Gasteiger partial charge on any atom is -0.489 e. The van der Waals surface area contributed by atoms with Gasteiger partial charge in [-0.1, -0.05) is 23.3 Å². The zero-order chi connectivity index (χ0) is 19.4. The predicted molar refractivity (Wildman–Crippen MR) is 106 cm³/mol. The molecule has 4 heteroatoms. The number of ether oxygens (including phenoxy) is 2. The van der Waals surface area contributed by atoms with E-state index in [4.69, 9.17) is 9.47 Å². The van der Waals surface area contributed by atoms with Crippen molar-refractivity contribution in [2.45, 2.75) is 47.1 Å². The smallest absolute Gasteiger partial charge is 0.330 e. The van der Waals surface area contributed by atoms with Gasteiger partial charge < -0.3 is 14.6 Å². The SMILES string of the molecule is CCOC(=O)C=Cc1ccc(OC/C=C(\C)CCC=C(C)C)c(CO)c1. The standard InChI is InChI=1S/C22H30O4/c1-5-25-22(24)12-10-19-9-11-21(20(15-19)16-23)26-14-13-18(4)8-6-7-17(2)3/h7,9-13,15,23H,5-6,8,14,16H2,1-4H3/b12-10?,18-13+. The third-order valence-corrected chi connectivity index (χ3v) is 3.72. The highest BCUT2D eigenvalue weighted by Crippen LogP contribution is 2.21. The zero-order valence-corrected chi connectivity index (χ0v) is 16.2. The maximum Gasteiger partial charge on any atom is 0.330 e. The highest BCUT2D eigenvalue weighted by Gasteiger charge is 2.04. The number of benzene rings is 1. The first kappa shape index (κ1) is 21.7. The summed E-state index contributed by atoms with van der Waals surface area (Å²) >= 11 is 0. The number of rotatable bonds is 10. The van der Waals surface area contributed by atoms with E-state index in [-0.39, 0.29) is 12.6 Å². The Hall–Kier alpha value is -2.33. The Bertz CT molecular complexity index is 665. The predicted octanol–water partition coefficient (Wildman–Crippen LogP) is 4.83. The van der Waals surface area contributed by atoms with E-state index >= 15 is 0 Å². The van der Waals surface area contributed by atoms with Crippen LogP contribution in [0, 0.1) is 0 Å². The first-order valence-corrected chi connectivity index (χ1v) is 8.96. The lowest BCUT2D eigenvalue weighted by atomic mass is 10.1. The van der Waals surface area contributed by atoms with Gasteiger partial charge in [0.2, 0.25) is 0 Å². The van der Waals surface area contributed by atoms with Gasteiger partial charge in [-0.15, -0.1) is 0 Å². The van der Waals surface area contributed by atoms with Crippen LogP contribution in [0.2, 0.25) is 0 Å². The van der Waals surface area contributed by atoms with Gasteiger partial charge in [0.15, 0.2) is 0 Å². The Kier molecular flexibility index (Phi) is 10.1. The monoisotopic (exact) mass is 358 g/mol. The second-order valence-electron chi connectivity index (χ2n) is 6.29. The second-order valence-corrected chi connectivity index (χ2v) is 6.29. The van der Waals surface area contributed by atoms with Crippen LogP contribution >= 0.6 is 0 Å². The van der Waals surface area contributed by atoms with Gasteiger partial charge in [0, 0.05) is 11.6 Å². The Morgan fingerprint density at radius 1 is 1.19 bits per heavy atom. The van der Waals surface area contributed by atoms with Crippen LogP contribution in [0.25, 0.3) is 6.08 Å². The summed E-state index contributed by atoms with van der Waals surface area (Å²) < 4.78 is 10.6. The minimum atomic E-state index is -0.382. The van der Waals surface area contributed by atoms with Gasteiger partial charge in [0.05, 0.1) is 13.2 Å². The number of hydrogen-bond donors (Lipinski definition) is 1. The lowest BCUT2D eigenvalue weighted by Crippen LogP contribution is -2.00. The van der Waals surface area contributed by atoms with Crippen molar-refractivity contribution in [2.24, 2.45) is 0 Å². The van der Waals surface area contributed by atoms with Crippen molar-refractivity contribution in [3.8, 4) is 5.75 Å². The molecule has 0 heterocycles. The van der Waals surface area contributed by atoms with E-state index in [1.807, 2.05) is 12.1 Å².